The van der Waals surface area contributed by atoms with Crippen LogP contribution in [0.1, 0.15) is 23.6 Å². The van der Waals surface area contributed by atoms with Crippen molar-refractivity contribution in [2.45, 2.75) is 32.1 Å². The standard InChI is InChI=1S/C17H20Si/c1-12-11-16(18(2,3)4)15-10-9-13-7-5-6-8-14(13)17(12)15/h5-11,16H,1-4H3. The van der Waals surface area contributed by atoms with Gasteiger partial charge in [-0.3, -0.25) is 0 Å². The zero-order valence-corrected chi connectivity index (χ0v) is 12.6. The molecule has 1 aliphatic carbocycles. The van der Waals surface area contributed by atoms with Gasteiger partial charge in [-0.05, 0) is 39.9 Å². The van der Waals surface area contributed by atoms with Crippen LogP contribution in [-0.2, 0) is 0 Å². The topological polar surface area (TPSA) is 0 Å². The largest absolute Gasteiger partial charge is 0.0762 e. The minimum Gasteiger partial charge on any atom is -0.0762 e. The van der Waals surface area contributed by atoms with Crippen LogP contribution >= 0.6 is 0 Å². The molecule has 1 aliphatic rings. The van der Waals surface area contributed by atoms with Gasteiger partial charge in [0.1, 0.15) is 0 Å². The molecule has 0 saturated carbocycles. The van der Waals surface area contributed by atoms with Gasteiger partial charge in [-0.15, -0.1) is 0 Å². The van der Waals surface area contributed by atoms with E-state index in [1.807, 2.05) is 0 Å². The van der Waals surface area contributed by atoms with Gasteiger partial charge < -0.3 is 0 Å². The Labute approximate surface area is 110 Å². The van der Waals surface area contributed by atoms with Gasteiger partial charge in [-0.1, -0.05) is 62.1 Å². The summed E-state index contributed by atoms with van der Waals surface area (Å²) < 4.78 is 0. The lowest BCUT2D eigenvalue weighted by Gasteiger charge is -2.25. The molecule has 3 rings (SSSR count). The maximum atomic E-state index is 2.50. The number of fused-ring (bicyclic) bond motifs is 3. The van der Waals surface area contributed by atoms with Gasteiger partial charge in [0.05, 0.1) is 8.07 Å². The summed E-state index contributed by atoms with van der Waals surface area (Å²) in [6, 6.07) is 13.4. The highest BCUT2D eigenvalue weighted by molar-refractivity contribution is 6.78. The molecule has 0 aromatic heterocycles. The van der Waals surface area contributed by atoms with E-state index in [1.54, 1.807) is 5.56 Å². The second-order valence-electron chi connectivity index (χ2n) is 6.44. The lowest BCUT2D eigenvalue weighted by atomic mass is 9.98. The van der Waals surface area contributed by atoms with Crippen LogP contribution in [0.4, 0.5) is 0 Å². The Hall–Kier alpha value is -1.34. The van der Waals surface area contributed by atoms with E-state index in [0.717, 1.165) is 0 Å². The van der Waals surface area contributed by atoms with Crippen LogP contribution in [0.5, 0.6) is 0 Å². The van der Waals surface area contributed by atoms with E-state index in [2.05, 4.69) is 69.0 Å². The van der Waals surface area contributed by atoms with Gasteiger partial charge in [0.15, 0.2) is 0 Å². The van der Waals surface area contributed by atoms with E-state index in [0.29, 0.717) is 5.54 Å². The van der Waals surface area contributed by atoms with E-state index in [1.165, 1.54) is 21.9 Å². The van der Waals surface area contributed by atoms with Crippen LogP contribution in [0.3, 0.4) is 0 Å². The molecule has 0 heterocycles. The zero-order chi connectivity index (χ0) is 12.9. The molecule has 18 heavy (non-hydrogen) atoms. The molecule has 0 amide bonds. The summed E-state index contributed by atoms with van der Waals surface area (Å²) in [4.78, 5) is 0. The highest BCUT2D eigenvalue weighted by Crippen LogP contribution is 2.43. The molecular formula is C17H20Si. The molecule has 0 N–H and O–H groups in total. The van der Waals surface area contributed by atoms with Crippen molar-refractivity contribution in [3.63, 3.8) is 0 Å². The molecule has 0 fully saturated rings. The second kappa shape index (κ2) is 3.82. The summed E-state index contributed by atoms with van der Waals surface area (Å²) in [5.41, 5.74) is 5.21. The molecule has 2 aromatic carbocycles. The Morgan fingerprint density at radius 1 is 0.944 bits per heavy atom. The van der Waals surface area contributed by atoms with E-state index < -0.39 is 8.07 Å². The summed E-state index contributed by atoms with van der Waals surface area (Å²) >= 11 is 0. The number of allylic oxidation sites excluding steroid dienone is 2. The number of benzene rings is 2. The van der Waals surface area contributed by atoms with Crippen molar-refractivity contribution in [2.75, 3.05) is 0 Å². The SMILES string of the molecule is CC1=CC([Si](C)(C)C)c2ccc3ccccc3c21. The summed E-state index contributed by atoms with van der Waals surface area (Å²) in [6.07, 6.45) is 2.50. The molecular weight excluding hydrogens is 232 g/mol. The second-order valence-corrected chi connectivity index (χ2v) is 11.8. The molecule has 0 nitrogen and oxygen atoms in total. The van der Waals surface area contributed by atoms with Crippen LogP contribution in [-0.4, -0.2) is 8.07 Å². The summed E-state index contributed by atoms with van der Waals surface area (Å²) in [6.45, 7) is 9.66. The molecule has 1 unspecified atom stereocenters. The highest BCUT2D eigenvalue weighted by atomic mass is 28.3. The van der Waals surface area contributed by atoms with Gasteiger partial charge in [0.25, 0.3) is 0 Å². The van der Waals surface area contributed by atoms with Crippen LogP contribution in [0.2, 0.25) is 19.6 Å². The van der Waals surface area contributed by atoms with Gasteiger partial charge in [0.2, 0.25) is 0 Å². The first-order valence-electron chi connectivity index (χ1n) is 6.69. The first-order chi connectivity index (χ1) is 8.48. The van der Waals surface area contributed by atoms with Crippen LogP contribution < -0.4 is 0 Å². The maximum absolute atomic E-state index is 2.50. The Morgan fingerprint density at radius 2 is 1.67 bits per heavy atom. The predicted molar refractivity (Wildman–Crippen MR) is 83.7 cm³/mol. The van der Waals surface area contributed by atoms with Gasteiger partial charge in [-0.25, -0.2) is 0 Å². The Kier molecular flexibility index (Phi) is 2.49. The van der Waals surface area contributed by atoms with Crippen molar-refractivity contribution in [2.24, 2.45) is 0 Å². The van der Waals surface area contributed by atoms with Gasteiger partial charge >= 0.3 is 0 Å². The Balaban J connectivity index is 2.31. The fourth-order valence-electron chi connectivity index (χ4n) is 3.13. The van der Waals surface area contributed by atoms with Gasteiger partial charge in [0, 0.05) is 0 Å². The Morgan fingerprint density at radius 3 is 2.39 bits per heavy atom. The summed E-state index contributed by atoms with van der Waals surface area (Å²) in [5.74, 6) is 0. The molecule has 0 radical (unpaired) electrons. The fourth-order valence-corrected chi connectivity index (χ4v) is 5.05. The average Bonchev–Trinajstić information content (AvgIpc) is 2.67. The van der Waals surface area contributed by atoms with Crippen molar-refractivity contribution in [3.05, 3.63) is 53.6 Å². The number of hydrogen-bond donors (Lipinski definition) is 0. The number of rotatable bonds is 1. The molecule has 0 saturated heterocycles. The first kappa shape index (κ1) is 11.7. The van der Waals surface area contributed by atoms with E-state index >= 15 is 0 Å². The Bertz CT molecular complexity index is 644. The highest BCUT2D eigenvalue weighted by Gasteiger charge is 2.32. The normalized spacial score (nSPS) is 18.9. The lowest BCUT2D eigenvalue weighted by Crippen LogP contribution is -2.28. The third kappa shape index (κ3) is 1.65. The first-order valence-corrected chi connectivity index (χ1v) is 10.3. The lowest BCUT2D eigenvalue weighted by molar-refractivity contribution is 1.17. The molecule has 0 spiro atoms. The predicted octanol–water partition coefficient (Wildman–Crippen LogP) is 5.22. The minimum absolute atomic E-state index is 0.678. The van der Waals surface area contributed by atoms with Crippen molar-refractivity contribution in [1.82, 2.24) is 0 Å². The average molecular weight is 252 g/mol. The van der Waals surface area contributed by atoms with E-state index in [-0.39, 0.29) is 0 Å². The van der Waals surface area contributed by atoms with Crippen molar-refractivity contribution < 1.29 is 0 Å². The van der Waals surface area contributed by atoms with E-state index in [9.17, 15) is 0 Å². The fraction of sp³-hybridized carbons (Fsp3) is 0.294. The molecule has 2 aromatic rings. The summed E-state index contributed by atoms with van der Waals surface area (Å²) in [7, 11) is -1.18. The van der Waals surface area contributed by atoms with Crippen LogP contribution in [0.15, 0.2) is 42.5 Å². The smallest absolute Gasteiger partial charge is 0.0566 e. The zero-order valence-electron chi connectivity index (χ0n) is 11.6. The van der Waals surface area contributed by atoms with Crippen molar-refractivity contribution >= 4 is 24.4 Å². The minimum atomic E-state index is -1.18. The van der Waals surface area contributed by atoms with Gasteiger partial charge in [-0.2, -0.15) is 0 Å². The number of hydrogen-bond acceptors (Lipinski definition) is 0. The molecule has 92 valence electrons. The maximum Gasteiger partial charge on any atom is 0.0566 e. The van der Waals surface area contributed by atoms with Crippen molar-refractivity contribution in [3.8, 4) is 0 Å². The third-order valence-corrected chi connectivity index (χ3v) is 6.38. The van der Waals surface area contributed by atoms with Crippen LogP contribution in [0, 0.1) is 0 Å². The van der Waals surface area contributed by atoms with E-state index in [4.69, 9.17) is 0 Å². The quantitative estimate of drug-likeness (QED) is 0.611. The third-order valence-electron chi connectivity index (χ3n) is 4.04. The molecule has 1 heteroatoms. The molecule has 0 aliphatic heterocycles. The van der Waals surface area contributed by atoms with Crippen molar-refractivity contribution in [1.29, 1.82) is 0 Å². The van der Waals surface area contributed by atoms with Crippen LogP contribution in [0.25, 0.3) is 16.3 Å². The monoisotopic (exact) mass is 252 g/mol. The molecule has 0 bridgehead atoms. The summed E-state index contributed by atoms with van der Waals surface area (Å²) in [5, 5.41) is 2.78. The molecule has 1 atom stereocenters.